The van der Waals surface area contributed by atoms with E-state index in [1.165, 1.54) is 11.3 Å². The van der Waals surface area contributed by atoms with Crippen molar-refractivity contribution >= 4 is 27.3 Å². The van der Waals surface area contributed by atoms with Gasteiger partial charge in [-0.15, -0.1) is 11.3 Å². The first kappa shape index (κ1) is 14.1. The number of thiazole rings is 1. The number of carboxylic acid groups (broad SMARTS) is 1. The third-order valence-electron chi connectivity index (χ3n) is 1.98. The molecule has 0 spiro atoms. The summed E-state index contributed by atoms with van der Waals surface area (Å²) in [5, 5.41) is 9.08. The van der Waals surface area contributed by atoms with Gasteiger partial charge in [0.2, 0.25) is 10.0 Å². The topological polar surface area (TPSA) is 96.4 Å². The molecule has 1 heterocycles. The zero-order valence-electron chi connectivity index (χ0n) is 9.34. The van der Waals surface area contributed by atoms with Crippen molar-refractivity contribution < 1.29 is 18.3 Å². The monoisotopic (exact) mass is 278 g/mol. The molecule has 6 nitrogen and oxygen atoms in total. The SMILES string of the molecule is CCc1cnc(CNS(=O)(=O)CCC(=O)O)s1. The maximum absolute atomic E-state index is 11.4. The number of hydrogen-bond acceptors (Lipinski definition) is 5. The van der Waals surface area contributed by atoms with Gasteiger partial charge in [0.25, 0.3) is 0 Å². The van der Waals surface area contributed by atoms with Crippen molar-refractivity contribution in [2.24, 2.45) is 0 Å². The highest BCUT2D eigenvalue weighted by Crippen LogP contribution is 2.13. The first-order chi connectivity index (χ1) is 7.93. The predicted molar refractivity (Wildman–Crippen MR) is 64.4 cm³/mol. The standard InChI is InChI=1S/C9H14N2O4S2/c1-2-7-5-10-8(16-7)6-11-17(14,15)4-3-9(12)13/h5,11H,2-4,6H2,1H3,(H,12,13). The number of aliphatic carboxylic acids is 1. The number of hydrogen-bond donors (Lipinski definition) is 2. The van der Waals surface area contributed by atoms with Gasteiger partial charge in [-0.25, -0.2) is 18.1 Å². The highest BCUT2D eigenvalue weighted by molar-refractivity contribution is 7.89. The van der Waals surface area contributed by atoms with Crippen LogP contribution in [0, 0.1) is 0 Å². The van der Waals surface area contributed by atoms with E-state index in [0.29, 0.717) is 5.01 Å². The molecule has 0 unspecified atom stereocenters. The molecule has 2 N–H and O–H groups in total. The van der Waals surface area contributed by atoms with Crippen LogP contribution in [0.25, 0.3) is 0 Å². The Morgan fingerprint density at radius 2 is 2.29 bits per heavy atom. The average Bonchev–Trinajstić information content (AvgIpc) is 2.72. The van der Waals surface area contributed by atoms with Crippen molar-refractivity contribution in [3.05, 3.63) is 16.1 Å². The van der Waals surface area contributed by atoms with Gasteiger partial charge in [-0.3, -0.25) is 4.79 Å². The molecule has 0 radical (unpaired) electrons. The highest BCUT2D eigenvalue weighted by Gasteiger charge is 2.13. The number of nitrogens with one attached hydrogen (secondary N) is 1. The Hall–Kier alpha value is -0.990. The van der Waals surface area contributed by atoms with Gasteiger partial charge >= 0.3 is 5.97 Å². The van der Waals surface area contributed by atoms with Crippen LogP contribution in [0.15, 0.2) is 6.20 Å². The van der Waals surface area contributed by atoms with Crippen LogP contribution in [0.4, 0.5) is 0 Å². The zero-order chi connectivity index (χ0) is 12.9. The van der Waals surface area contributed by atoms with E-state index in [4.69, 9.17) is 5.11 Å². The van der Waals surface area contributed by atoms with Crippen LogP contribution in [0.5, 0.6) is 0 Å². The smallest absolute Gasteiger partial charge is 0.304 e. The average molecular weight is 278 g/mol. The van der Waals surface area contributed by atoms with Gasteiger partial charge in [-0.1, -0.05) is 6.92 Å². The van der Waals surface area contributed by atoms with E-state index in [1.54, 1.807) is 6.20 Å². The van der Waals surface area contributed by atoms with E-state index in [0.717, 1.165) is 11.3 Å². The molecule has 1 aromatic heterocycles. The molecule has 0 saturated carbocycles. The molecule has 1 aromatic rings. The molecule has 0 aliphatic rings. The number of aryl methyl sites for hydroxylation is 1. The third kappa shape index (κ3) is 5.24. The number of aromatic nitrogens is 1. The minimum atomic E-state index is -3.54. The minimum Gasteiger partial charge on any atom is -0.481 e. The van der Waals surface area contributed by atoms with E-state index < -0.39 is 28.2 Å². The fourth-order valence-electron chi connectivity index (χ4n) is 1.06. The van der Waals surface area contributed by atoms with Crippen molar-refractivity contribution in [2.75, 3.05) is 5.75 Å². The van der Waals surface area contributed by atoms with Gasteiger partial charge < -0.3 is 5.11 Å². The number of rotatable bonds is 7. The first-order valence-corrected chi connectivity index (χ1v) is 7.52. The lowest BCUT2D eigenvalue weighted by Crippen LogP contribution is -2.27. The molecule has 96 valence electrons. The second kappa shape index (κ2) is 6.08. The molecule has 17 heavy (non-hydrogen) atoms. The predicted octanol–water partition coefficient (Wildman–Crippen LogP) is 0.600. The molecule has 0 aliphatic heterocycles. The summed E-state index contributed by atoms with van der Waals surface area (Å²) in [4.78, 5) is 15.4. The Bertz CT molecular complexity index is 481. The summed E-state index contributed by atoms with van der Waals surface area (Å²) >= 11 is 1.44. The van der Waals surface area contributed by atoms with Crippen LogP contribution >= 0.6 is 11.3 Å². The van der Waals surface area contributed by atoms with Crippen molar-refractivity contribution in [1.82, 2.24) is 9.71 Å². The summed E-state index contributed by atoms with van der Waals surface area (Å²) in [5.41, 5.74) is 0. The fraction of sp³-hybridized carbons (Fsp3) is 0.556. The second-order valence-corrected chi connectivity index (χ2v) is 6.48. The largest absolute Gasteiger partial charge is 0.481 e. The zero-order valence-corrected chi connectivity index (χ0v) is 11.0. The minimum absolute atomic E-state index is 0.118. The van der Waals surface area contributed by atoms with E-state index in [1.807, 2.05) is 6.92 Å². The van der Waals surface area contributed by atoms with Crippen LogP contribution < -0.4 is 4.72 Å². The van der Waals surface area contributed by atoms with Crippen LogP contribution in [0.1, 0.15) is 23.2 Å². The van der Waals surface area contributed by atoms with Gasteiger partial charge in [0.15, 0.2) is 0 Å². The molecule has 0 fully saturated rings. The molecule has 0 atom stereocenters. The molecule has 0 amide bonds. The molecule has 0 saturated heterocycles. The Balaban J connectivity index is 2.46. The Kier molecular flexibility index (Phi) is 5.03. The Morgan fingerprint density at radius 1 is 1.59 bits per heavy atom. The summed E-state index contributed by atoms with van der Waals surface area (Å²) < 4.78 is 25.1. The molecular formula is C9H14N2O4S2. The van der Waals surface area contributed by atoms with E-state index in [-0.39, 0.29) is 6.54 Å². The van der Waals surface area contributed by atoms with Crippen LogP contribution in [0.3, 0.4) is 0 Å². The summed E-state index contributed by atoms with van der Waals surface area (Å²) in [6.07, 6.45) is 2.18. The molecule has 0 bridgehead atoms. The quantitative estimate of drug-likeness (QED) is 0.761. The summed E-state index contributed by atoms with van der Waals surface area (Å²) in [7, 11) is -3.54. The van der Waals surface area contributed by atoms with Gasteiger partial charge in [0.05, 0.1) is 18.7 Å². The summed E-state index contributed by atoms with van der Waals surface area (Å²) in [5.74, 6) is -1.54. The van der Waals surface area contributed by atoms with Crippen molar-refractivity contribution in [3.8, 4) is 0 Å². The van der Waals surface area contributed by atoms with Crippen LogP contribution in [-0.4, -0.2) is 30.2 Å². The van der Waals surface area contributed by atoms with Gasteiger partial charge in [-0.05, 0) is 6.42 Å². The van der Waals surface area contributed by atoms with Gasteiger partial charge in [0.1, 0.15) is 5.01 Å². The maximum atomic E-state index is 11.4. The maximum Gasteiger partial charge on any atom is 0.304 e. The Morgan fingerprint density at radius 3 is 2.82 bits per heavy atom. The van der Waals surface area contributed by atoms with E-state index in [9.17, 15) is 13.2 Å². The lowest BCUT2D eigenvalue weighted by Gasteiger charge is -2.02. The van der Waals surface area contributed by atoms with Crippen LogP contribution in [0.2, 0.25) is 0 Å². The van der Waals surface area contributed by atoms with E-state index in [2.05, 4.69) is 9.71 Å². The lowest BCUT2D eigenvalue weighted by atomic mass is 10.4. The van der Waals surface area contributed by atoms with E-state index >= 15 is 0 Å². The highest BCUT2D eigenvalue weighted by atomic mass is 32.2. The van der Waals surface area contributed by atoms with Crippen LogP contribution in [-0.2, 0) is 27.8 Å². The van der Waals surface area contributed by atoms with Gasteiger partial charge in [-0.2, -0.15) is 0 Å². The molecule has 0 aromatic carbocycles. The summed E-state index contributed by atoms with van der Waals surface area (Å²) in [6.45, 7) is 2.11. The molecular weight excluding hydrogens is 264 g/mol. The molecule has 0 aliphatic carbocycles. The number of sulfonamides is 1. The van der Waals surface area contributed by atoms with Crippen molar-refractivity contribution in [3.63, 3.8) is 0 Å². The normalized spacial score (nSPS) is 11.6. The van der Waals surface area contributed by atoms with Crippen molar-refractivity contribution in [1.29, 1.82) is 0 Å². The second-order valence-electron chi connectivity index (χ2n) is 3.36. The van der Waals surface area contributed by atoms with Gasteiger partial charge in [0, 0.05) is 11.1 Å². The molecule has 8 heteroatoms. The Labute approximate surface area is 104 Å². The third-order valence-corrected chi connectivity index (χ3v) is 4.45. The molecule has 1 rings (SSSR count). The fourth-order valence-corrected chi connectivity index (χ4v) is 2.90. The summed E-state index contributed by atoms with van der Waals surface area (Å²) in [6, 6.07) is 0. The first-order valence-electron chi connectivity index (χ1n) is 5.05. The number of carbonyl (C=O) groups is 1. The lowest BCUT2D eigenvalue weighted by molar-refractivity contribution is -0.136. The van der Waals surface area contributed by atoms with Crippen molar-refractivity contribution in [2.45, 2.75) is 26.3 Å². The number of nitrogens with zero attached hydrogens (tertiary/aromatic N) is 1. The number of carboxylic acids is 1.